The van der Waals surface area contributed by atoms with Crippen LogP contribution in [-0.4, -0.2) is 47.4 Å². The molecule has 17 heavy (non-hydrogen) atoms. The van der Waals surface area contributed by atoms with Crippen molar-refractivity contribution in [2.24, 2.45) is 5.73 Å². The van der Waals surface area contributed by atoms with Gasteiger partial charge in [-0.15, -0.1) is 0 Å². The second-order valence-corrected chi connectivity index (χ2v) is 5.20. The summed E-state index contributed by atoms with van der Waals surface area (Å²) in [5.41, 5.74) is 5.26. The van der Waals surface area contributed by atoms with Crippen molar-refractivity contribution in [1.82, 2.24) is 4.90 Å². The van der Waals surface area contributed by atoms with Crippen LogP contribution in [0.4, 0.5) is 4.79 Å². The van der Waals surface area contributed by atoms with Gasteiger partial charge in [0, 0.05) is 25.7 Å². The van der Waals surface area contributed by atoms with Crippen LogP contribution in [-0.2, 0) is 4.74 Å². The average Bonchev–Trinajstić information content (AvgIpc) is 2.63. The summed E-state index contributed by atoms with van der Waals surface area (Å²) >= 11 is 0. The van der Waals surface area contributed by atoms with Crippen molar-refractivity contribution in [2.45, 2.75) is 52.2 Å². The molecule has 0 bridgehead atoms. The molecule has 1 fully saturated rings. The Morgan fingerprint density at radius 3 is 2.35 bits per heavy atom. The quantitative estimate of drug-likeness (QED) is 0.732. The van der Waals surface area contributed by atoms with Crippen LogP contribution in [0.1, 0.15) is 40.5 Å². The minimum Gasteiger partial charge on any atom is -0.444 e. The summed E-state index contributed by atoms with van der Waals surface area (Å²) in [6, 6.07) is 0.118. The number of rotatable bonds is 1. The zero-order valence-electron chi connectivity index (χ0n) is 11.4. The van der Waals surface area contributed by atoms with E-state index in [1.165, 1.54) is 0 Å². The maximum absolute atomic E-state index is 11.5. The lowest BCUT2D eigenvalue weighted by atomic mass is 10.2. The zero-order valence-corrected chi connectivity index (χ0v) is 11.4. The summed E-state index contributed by atoms with van der Waals surface area (Å²) in [6.45, 7) is 9.17. The van der Waals surface area contributed by atoms with E-state index in [0.29, 0.717) is 13.2 Å². The lowest BCUT2D eigenvalue weighted by Crippen LogP contribution is -2.36. The molecule has 1 rings (SSSR count). The van der Waals surface area contributed by atoms with Crippen LogP contribution in [0.2, 0.25) is 0 Å². The van der Waals surface area contributed by atoms with Gasteiger partial charge in [-0.05, 0) is 33.6 Å². The number of amides is 1. The summed E-state index contributed by atoms with van der Waals surface area (Å²) in [6.07, 6.45) is 1.50. The standard InChI is InChI=1S/C9H18N2O2.C3H8O/c1-9(2,3)13-8(12)11-5-4-7(10)6-11;1-2-3-4/h7H,4-6,10H2,1-3H3;4H,2-3H2,1H3. The second kappa shape index (κ2) is 7.50. The number of aliphatic hydroxyl groups excluding tert-OH is 1. The number of ether oxygens (including phenoxy) is 1. The molecule has 1 saturated heterocycles. The van der Waals surface area contributed by atoms with Crippen molar-refractivity contribution in [3.63, 3.8) is 0 Å². The molecule has 1 unspecified atom stereocenters. The normalized spacial score (nSPS) is 19.6. The molecule has 0 saturated carbocycles. The lowest BCUT2D eigenvalue weighted by Gasteiger charge is -2.24. The largest absolute Gasteiger partial charge is 0.444 e. The zero-order chi connectivity index (χ0) is 13.5. The summed E-state index contributed by atoms with van der Waals surface area (Å²) in [4.78, 5) is 13.1. The van der Waals surface area contributed by atoms with E-state index in [4.69, 9.17) is 15.6 Å². The first kappa shape index (κ1) is 16.2. The Balaban J connectivity index is 0.000000557. The fourth-order valence-electron chi connectivity index (χ4n) is 1.28. The SMILES string of the molecule is CC(C)(C)OC(=O)N1CCC(N)C1.CCCO. The van der Waals surface area contributed by atoms with Gasteiger partial charge in [-0.25, -0.2) is 4.79 Å². The summed E-state index contributed by atoms with van der Waals surface area (Å²) in [5, 5.41) is 7.88. The molecular formula is C12H26N2O3. The van der Waals surface area contributed by atoms with Crippen molar-refractivity contribution in [2.75, 3.05) is 19.7 Å². The second-order valence-electron chi connectivity index (χ2n) is 5.20. The van der Waals surface area contributed by atoms with Gasteiger partial charge in [0.2, 0.25) is 0 Å². The van der Waals surface area contributed by atoms with E-state index in [1.54, 1.807) is 4.90 Å². The predicted molar refractivity (Wildman–Crippen MR) is 67.8 cm³/mol. The Morgan fingerprint density at radius 2 is 2.06 bits per heavy atom. The number of hydrogen-bond acceptors (Lipinski definition) is 4. The molecule has 1 atom stereocenters. The van der Waals surface area contributed by atoms with Crippen molar-refractivity contribution in [3.05, 3.63) is 0 Å². The maximum Gasteiger partial charge on any atom is 0.410 e. The Hall–Kier alpha value is -0.810. The van der Waals surface area contributed by atoms with Crippen LogP contribution >= 0.6 is 0 Å². The number of aliphatic hydroxyl groups is 1. The predicted octanol–water partition coefficient (Wildman–Crippen LogP) is 1.34. The first-order valence-electron chi connectivity index (χ1n) is 6.14. The van der Waals surface area contributed by atoms with Crippen LogP contribution in [0, 0.1) is 0 Å². The van der Waals surface area contributed by atoms with Gasteiger partial charge in [-0.2, -0.15) is 0 Å². The molecule has 5 heteroatoms. The third kappa shape index (κ3) is 7.99. The van der Waals surface area contributed by atoms with E-state index < -0.39 is 5.60 Å². The minimum atomic E-state index is -0.413. The fraction of sp³-hybridized carbons (Fsp3) is 0.917. The van der Waals surface area contributed by atoms with Crippen LogP contribution in [0.15, 0.2) is 0 Å². The van der Waals surface area contributed by atoms with Crippen LogP contribution < -0.4 is 5.73 Å². The van der Waals surface area contributed by atoms with Crippen molar-refractivity contribution >= 4 is 6.09 Å². The Morgan fingerprint density at radius 1 is 1.53 bits per heavy atom. The molecule has 0 aromatic carbocycles. The van der Waals surface area contributed by atoms with E-state index >= 15 is 0 Å². The van der Waals surface area contributed by atoms with Crippen molar-refractivity contribution < 1.29 is 14.6 Å². The lowest BCUT2D eigenvalue weighted by molar-refractivity contribution is 0.0292. The van der Waals surface area contributed by atoms with Crippen molar-refractivity contribution in [3.8, 4) is 0 Å². The van der Waals surface area contributed by atoms with Gasteiger partial charge in [-0.1, -0.05) is 6.92 Å². The van der Waals surface area contributed by atoms with Gasteiger partial charge in [0.1, 0.15) is 5.60 Å². The first-order chi connectivity index (χ1) is 7.80. The van der Waals surface area contributed by atoms with Crippen LogP contribution in [0.5, 0.6) is 0 Å². The molecular weight excluding hydrogens is 220 g/mol. The summed E-state index contributed by atoms with van der Waals surface area (Å²) in [5.74, 6) is 0. The number of hydrogen-bond donors (Lipinski definition) is 2. The van der Waals surface area contributed by atoms with Gasteiger partial charge in [0.05, 0.1) is 0 Å². The molecule has 1 heterocycles. The molecule has 0 aromatic rings. The number of carbonyl (C=O) groups is 1. The van der Waals surface area contributed by atoms with Crippen LogP contribution in [0.25, 0.3) is 0 Å². The number of carbonyl (C=O) groups excluding carboxylic acids is 1. The highest BCUT2D eigenvalue weighted by atomic mass is 16.6. The Bertz CT molecular complexity index is 224. The number of likely N-dealkylation sites (tertiary alicyclic amines) is 1. The van der Waals surface area contributed by atoms with Crippen molar-refractivity contribution in [1.29, 1.82) is 0 Å². The summed E-state index contributed by atoms with van der Waals surface area (Å²) in [7, 11) is 0. The van der Waals surface area contributed by atoms with E-state index in [0.717, 1.165) is 19.4 Å². The molecule has 3 N–H and O–H groups in total. The van der Waals surface area contributed by atoms with E-state index in [9.17, 15) is 4.79 Å². The van der Waals surface area contributed by atoms with Gasteiger partial charge in [-0.3, -0.25) is 0 Å². The minimum absolute atomic E-state index is 0.118. The highest BCUT2D eigenvalue weighted by Crippen LogP contribution is 2.13. The van der Waals surface area contributed by atoms with E-state index in [1.807, 2.05) is 27.7 Å². The summed E-state index contributed by atoms with van der Waals surface area (Å²) < 4.78 is 5.20. The molecule has 5 nitrogen and oxygen atoms in total. The molecule has 1 amide bonds. The Labute approximate surface area is 104 Å². The fourth-order valence-corrected chi connectivity index (χ4v) is 1.28. The van der Waals surface area contributed by atoms with Crippen LogP contribution in [0.3, 0.4) is 0 Å². The number of nitrogens with zero attached hydrogens (tertiary/aromatic N) is 1. The highest BCUT2D eigenvalue weighted by molar-refractivity contribution is 5.68. The molecule has 0 spiro atoms. The van der Waals surface area contributed by atoms with E-state index in [2.05, 4.69) is 0 Å². The Kier molecular flexibility index (Phi) is 7.15. The smallest absolute Gasteiger partial charge is 0.410 e. The van der Waals surface area contributed by atoms with Gasteiger partial charge in [0.15, 0.2) is 0 Å². The number of nitrogens with two attached hydrogens (primary N) is 1. The van der Waals surface area contributed by atoms with Gasteiger partial charge < -0.3 is 20.5 Å². The highest BCUT2D eigenvalue weighted by Gasteiger charge is 2.27. The molecule has 1 aliphatic heterocycles. The van der Waals surface area contributed by atoms with Gasteiger partial charge >= 0.3 is 6.09 Å². The topological polar surface area (TPSA) is 75.8 Å². The molecule has 0 radical (unpaired) electrons. The molecule has 0 aliphatic carbocycles. The van der Waals surface area contributed by atoms with Gasteiger partial charge in [0.25, 0.3) is 0 Å². The molecule has 102 valence electrons. The molecule has 1 aliphatic rings. The third-order valence-electron chi connectivity index (χ3n) is 2.10. The average molecular weight is 246 g/mol. The molecule has 0 aromatic heterocycles. The monoisotopic (exact) mass is 246 g/mol. The first-order valence-corrected chi connectivity index (χ1v) is 6.14. The van der Waals surface area contributed by atoms with E-state index in [-0.39, 0.29) is 12.1 Å². The third-order valence-corrected chi connectivity index (χ3v) is 2.10. The maximum atomic E-state index is 11.5.